The van der Waals surface area contributed by atoms with Crippen molar-refractivity contribution in [1.29, 1.82) is 0 Å². The van der Waals surface area contributed by atoms with Gasteiger partial charge in [0.15, 0.2) is 0 Å². The van der Waals surface area contributed by atoms with Crippen molar-refractivity contribution in [3.8, 4) is 0 Å². The maximum atomic E-state index is 2.32. The van der Waals surface area contributed by atoms with Crippen LogP contribution in [0, 0.1) is 0 Å². The first kappa shape index (κ1) is 14.6. The third-order valence-electron chi connectivity index (χ3n) is 2.55. The maximum absolute atomic E-state index is 2.32. The first-order valence-corrected chi connectivity index (χ1v) is 5.08. The van der Waals surface area contributed by atoms with Gasteiger partial charge < -0.3 is 0 Å². The normalized spacial score (nSPS) is 22.0. The molecule has 1 aromatic rings. The third kappa shape index (κ3) is 2.41. The molecule has 2 rings (SSSR count). The molecule has 0 radical (unpaired) electrons. The second-order valence-corrected chi connectivity index (χ2v) is 4.64. The summed E-state index contributed by atoms with van der Waals surface area (Å²) in [4.78, 5) is 0. The van der Waals surface area contributed by atoms with Gasteiger partial charge in [0.05, 0.1) is 0 Å². The van der Waals surface area contributed by atoms with Crippen LogP contribution in [-0.4, -0.2) is 0 Å². The molecule has 0 heterocycles. The summed E-state index contributed by atoms with van der Waals surface area (Å²) in [6.45, 7) is 2.24. The number of allylic oxidation sites excluding steroid dienone is 1. The second-order valence-electron chi connectivity index (χ2n) is 3.25. The Labute approximate surface area is 118 Å². The van der Waals surface area contributed by atoms with Crippen molar-refractivity contribution in [2.45, 2.75) is 17.1 Å². The minimum atomic E-state index is 0. The summed E-state index contributed by atoms with van der Waals surface area (Å²) in [5.41, 5.74) is 2.87. The van der Waals surface area contributed by atoms with Crippen LogP contribution in [-0.2, 0) is 24.2 Å². The molecule has 1 aromatic carbocycles. The fraction of sp³-hybridized carbons (Fsp3) is 0.273. The fourth-order valence-electron chi connectivity index (χ4n) is 1.68. The van der Waals surface area contributed by atoms with Gasteiger partial charge in [-0.2, -0.15) is 0 Å². The Kier molecular flexibility index (Phi) is 5.90. The molecule has 0 saturated heterocycles. The summed E-state index contributed by atoms with van der Waals surface area (Å²) in [5, 5.41) is 0. The molecule has 0 N–H and O–H groups in total. The van der Waals surface area contributed by atoms with E-state index < -0.39 is 0 Å². The van der Waals surface area contributed by atoms with E-state index in [0.29, 0.717) is 0 Å². The summed E-state index contributed by atoms with van der Waals surface area (Å²) in [6.07, 6.45) is 5.73. The van der Waals surface area contributed by atoms with Crippen molar-refractivity contribution in [3.63, 3.8) is 0 Å². The molecule has 0 aliphatic heterocycles. The van der Waals surface area contributed by atoms with Gasteiger partial charge in [0, 0.05) is 0 Å². The van der Waals surface area contributed by atoms with E-state index in [9.17, 15) is 0 Å². The van der Waals surface area contributed by atoms with Crippen molar-refractivity contribution < 1.29 is 20.4 Å². The third-order valence-corrected chi connectivity index (χ3v) is 3.78. The first-order chi connectivity index (χ1) is 5.76. The van der Waals surface area contributed by atoms with Gasteiger partial charge >= 0.3 is 85.0 Å². The minimum absolute atomic E-state index is 0. The van der Waals surface area contributed by atoms with E-state index >= 15 is 0 Å². The van der Waals surface area contributed by atoms with E-state index in [1.54, 1.807) is 0 Å². The molecule has 1 unspecified atom stereocenters. The van der Waals surface area contributed by atoms with Crippen LogP contribution in [0.5, 0.6) is 0 Å². The zero-order valence-electron chi connectivity index (χ0n) is 7.99. The molecule has 0 spiro atoms. The molecule has 75 valence electrons. The first-order valence-electron chi connectivity index (χ1n) is 4.30. The molecule has 0 nitrogen and oxygen atoms in total. The van der Waals surface area contributed by atoms with Crippen LogP contribution in [0.2, 0.25) is 0 Å². The van der Waals surface area contributed by atoms with Crippen LogP contribution in [0.4, 0.5) is 0 Å². The SMILES string of the molecule is Br.Br.CC[C]1([Ti])C=Cc2ccccc21. The van der Waals surface area contributed by atoms with Crippen LogP contribution >= 0.6 is 34.0 Å². The van der Waals surface area contributed by atoms with E-state index in [0.717, 1.165) is 0 Å². The van der Waals surface area contributed by atoms with E-state index in [1.807, 2.05) is 0 Å². The molecule has 0 saturated carbocycles. The number of rotatable bonds is 1. The quantitative estimate of drug-likeness (QED) is 0.670. The Morgan fingerprint density at radius 2 is 1.86 bits per heavy atom. The zero-order chi connectivity index (χ0) is 8.60. The summed E-state index contributed by atoms with van der Waals surface area (Å²) in [6, 6.07) is 8.65. The van der Waals surface area contributed by atoms with E-state index in [2.05, 4.69) is 63.8 Å². The van der Waals surface area contributed by atoms with Gasteiger partial charge in [0.2, 0.25) is 0 Å². The predicted molar refractivity (Wildman–Crippen MR) is 68.1 cm³/mol. The molecule has 14 heavy (non-hydrogen) atoms. The van der Waals surface area contributed by atoms with Crippen molar-refractivity contribution >= 4 is 40.0 Å². The van der Waals surface area contributed by atoms with Crippen molar-refractivity contribution in [3.05, 3.63) is 41.5 Å². The Balaban J connectivity index is 0.000000845. The molecule has 1 aliphatic carbocycles. The molecule has 0 bridgehead atoms. The number of benzene rings is 1. The molecule has 0 aromatic heterocycles. The van der Waals surface area contributed by atoms with Crippen LogP contribution in [0.3, 0.4) is 0 Å². The van der Waals surface area contributed by atoms with Crippen LogP contribution in [0.25, 0.3) is 6.08 Å². The van der Waals surface area contributed by atoms with Crippen LogP contribution in [0.15, 0.2) is 30.3 Å². The number of hydrogen-bond donors (Lipinski definition) is 0. The van der Waals surface area contributed by atoms with Gasteiger partial charge in [-0.15, -0.1) is 34.0 Å². The summed E-state index contributed by atoms with van der Waals surface area (Å²) >= 11 is 2.30. The average molecular weight is 353 g/mol. The molecule has 1 aliphatic rings. The van der Waals surface area contributed by atoms with Crippen molar-refractivity contribution in [1.82, 2.24) is 0 Å². The van der Waals surface area contributed by atoms with E-state index in [1.165, 1.54) is 17.5 Å². The van der Waals surface area contributed by atoms with Gasteiger partial charge in [0.25, 0.3) is 0 Å². The van der Waals surface area contributed by atoms with Gasteiger partial charge in [-0.05, 0) is 0 Å². The standard InChI is InChI=1S/C11H11.2BrH.Ti/c1-2-9-7-8-10-5-3-4-6-11(9)10;;;/h3-8H,2H2,1H3;2*1H;. The Hall–Kier alpha value is 0.634. The van der Waals surface area contributed by atoms with Gasteiger partial charge in [-0.3, -0.25) is 0 Å². The molecule has 0 amide bonds. The van der Waals surface area contributed by atoms with Crippen LogP contribution < -0.4 is 0 Å². The average Bonchev–Trinajstić information content (AvgIpc) is 2.46. The van der Waals surface area contributed by atoms with Gasteiger partial charge in [-0.25, -0.2) is 0 Å². The molecular weight excluding hydrogens is 340 g/mol. The predicted octanol–water partition coefficient (Wildman–Crippen LogP) is 4.02. The van der Waals surface area contributed by atoms with Crippen molar-refractivity contribution in [2.75, 3.05) is 0 Å². The summed E-state index contributed by atoms with van der Waals surface area (Å²) in [5.74, 6) is 0. The summed E-state index contributed by atoms with van der Waals surface area (Å²) < 4.78 is 0.288. The van der Waals surface area contributed by atoms with E-state index in [4.69, 9.17) is 0 Å². The zero-order valence-corrected chi connectivity index (χ0v) is 13.0. The molecular formula is C11H13Br2Ti. The second kappa shape index (κ2) is 5.65. The number of hydrogen-bond acceptors (Lipinski definition) is 0. The van der Waals surface area contributed by atoms with Crippen molar-refractivity contribution in [2.24, 2.45) is 0 Å². The van der Waals surface area contributed by atoms with E-state index in [-0.39, 0.29) is 37.7 Å². The Morgan fingerprint density at radius 3 is 2.50 bits per heavy atom. The molecule has 3 heteroatoms. The monoisotopic (exact) mass is 351 g/mol. The molecule has 0 fully saturated rings. The van der Waals surface area contributed by atoms with Gasteiger partial charge in [-0.1, -0.05) is 0 Å². The summed E-state index contributed by atoms with van der Waals surface area (Å²) in [7, 11) is 0. The molecule has 1 atom stereocenters. The topological polar surface area (TPSA) is 0 Å². The number of halogens is 2. The number of fused-ring (bicyclic) bond motifs is 1. The Morgan fingerprint density at radius 1 is 1.21 bits per heavy atom. The van der Waals surface area contributed by atoms with Gasteiger partial charge in [0.1, 0.15) is 0 Å². The fourth-order valence-corrected chi connectivity index (χ4v) is 2.16. The van der Waals surface area contributed by atoms with Crippen LogP contribution in [0.1, 0.15) is 24.5 Å². The Bertz CT molecular complexity index is 336.